The molecular weight excluding hydrogens is 372 g/mol. The lowest BCUT2D eigenvalue weighted by Crippen LogP contribution is -2.47. The van der Waals surface area contributed by atoms with Crippen LogP contribution >= 0.6 is 0 Å². The summed E-state index contributed by atoms with van der Waals surface area (Å²) in [7, 11) is 0. The van der Waals surface area contributed by atoms with E-state index in [0.29, 0.717) is 18.3 Å². The van der Waals surface area contributed by atoms with Gasteiger partial charge in [-0.15, -0.1) is 0 Å². The molecule has 1 aliphatic rings. The van der Waals surface area contributed by atoms with E-state index in [1.807, 2.05) is 13.0 Å². The second-order valence-corrected chi connectivity index (χ2v) is 8.34. The molecule has 5 nitrogen and oxygen atoms in total. The quantitative estimate of drug-likeness (QED) is 0.698. The molecule has 3 aromatic rings. The van der Waals surface area contributed by atoms with Gasteiger partial charge in [0.1, 0.15) is 0 Å². The van der Waals surface area contributed by atoms with Crippen molar-refractivity contribution in [3.8, 4) is 0 Å². The lowest BCUT2D eigenvalue weighted by molar-refractivity contribution is 0.637. The van der Waals surface area contributed by atoms with E-state index < -0.39 is 0 Å². The first-order valence-electron chi connectivity index (χ1n) is 10.7. The summed E-state index contributed by atoms with van der Waals surface area (Å²) in [6.45, 7) is 9.82. The van der Waals surface area contributed by atoms with E-state index in [1.165, 1.54) is 11.3 Å². The highest BCUT2D eigenvalue weighted by Crippen LogP contribution is 2.19. The molecule has 0 unspecified atom stereocenters. The Morgan fingerprint density at radius 3 is 2.17 bits per heavy atom. The van der Waals surface area contributed by atoms with Gasteiger partial charge in [-0.3, -0.25) is 9.78 Å². The van der Waals surface area contributed by atoms with Gasteiger partial charge in [-0.2, -0.15) is 0 Å². The van der Waals surface area contributed by atoms with Crippen LogP contribution in [-0.2, 0) is 6.42 Å². The molecule has 5 heteroatoms. The predicted molar refractivity (Wildman–Crippen MR) is 124 cm³/mol. The van der Waals surface area contributed by atoms with Crippen molar-refractivity contribution in [1.82, 2.24) is 9.97 Å². The van der Waals surface area contributed by atoms with Gasteiger partial charge in [-0.25, -0.2) is 4.98 Å². The summed E-state index contributed by atoms with van der Waals surface area (Å²) in [4.78, 5) is 25.2. The first-order valence-corrected chi connectivity index (χ1v) is 10.7. The number of aryl methyl sites for hydroxylation is 1. The number of para-hydroxylation sites is 1. The minimum absolute atomic E-state index is 0.0316. The number of piperazine rings is 1. The number of nitrogens with one attached hydrogen (secondary N) is 1. The van der Waals surface area contributed by atoms with Gasteiger partial charge in [0.15, 0.2) is 0 Å². The number of aromatic nitrogens is 2. The summed E-state index contributed by atoms with van der Waals surface area (Å²) in [5.41, 5.74) is 5.22. The Morgan fingerprint density at radius 1 is 0.933 bits per heavy atom. The maximum absolute atomic E-state index is 12.8. The molecule has 1 aromatic heterocycles. The minimum Gasteiger partial charge on any atom is -0.368 e. The van der Waals surface area contributed by atoms with E-state index in [0.717, 1.165) is 43.0 Å². The van der Waals surface area contributed by atoms with E-state index in [2.05, 4.69) is 77.2 Å². The Hall–Kier alpha value is -3.08. The van der Waals surface area contributed by atoms with Crippen LogP contribution in [0.1, 0.15) is 42.1 Å². The van der Waals surface area contributed by atoms with Crippen LogP contribution in [0.5, 0.6) is 0 Å². The van der Waals surface area contributed by atoms with Gasteiger partial charge in [0, 0.05) is 43.9 Å². The van der Waals surface area contributed by atoms with E-state index in [-0.39, 0.29) is 5.56 Å². The number of aromatic amines is 1. The molecule has 0 atom stereocenters. The third-order valence-corrected chi connectivity index (χ3v) is 5.94. The monoisotopic (exact) mass is 402 g/mol. The maximum Gasteiger partial charge on any atom is 0.256 e. The lowest BCUT2D eigenvalue weighted by Gasteiger charge is -2.36. The first kappa shape index (κ1) is 20.2. The average molecular weight is 403 g/mol. The SMILES string of the molecule is Cc1nc(N2CCN(c3ccccc3)CC2)[nH]c(=O)c1Cc1ccc(C(C)C)cc1. The van der Waals surface area contributed by atoms with Gasteiger partial charge in [-0.05, 0) is 36.1 Å². The molecule has 0 radical (unpaired) electrons. The van der Waals surface area contributed by atoms with Crippen molar-refractivity contribution >= 4 is 11.6 Å². The van der Waals surface area contributed by atoms with Gasteiger partial charge in [0.05, 0.1) is 5.69 Å². The maximum atomic E-state index is 12.8. The Bertz CT molecular complexity index is 1030. The number of anilines is 2. The number of nitrogens with zero attached hydrogens (tertiary/aromatic N) is 3. The zero-order chi connectivity index (χ0) is 21.1. The van der Waals surface area contributed by atoms with Crippen molar-refractivity contribution in [3.05, 3.63) is 87.3 Å². The van der Waals surface area contributed by atoms with Crippen LogP contribution in [0, 0.1) is 6.92 Å². The average Bonchev–Trinajstić information content (AvgIpc) is 2.77. The lowest BCUT2D eigenvalue weighted by atomic mass is 9.99. The van der Waals surface area contributed by atoms with Crippen LogP contribution in [0.4, 0.5) is 11.6 Å². The number of hydrogen-bond donors (Lipinski definition) is 1. The molecule has 30 heavy (non-hydrogen) atoms. The Morgan fingerprint density at radius 2 is 1.57 bits per heavy atom. The second-order valence-electron chi connectivity index (χ2n) is 8.34. The smallest absolute Gasteiger partial charge is 0.256 e. The fourth-order valence-electron chi connectivity index (χ4n) is 3.99. The third kappa shape index (κ3) is 4.40. The Balaban J connectivity index is 1.46. The summed E-state index contributed by atoms with van der Waals surface area (Å²) in [5, 5.41) is 0. The van der Waals surface area contributed by atoms with Gasteiger partial charge < -0.3 is 9.80 Å². The molecule has 1 saturated heterocycles. The zero-order valence-electron chi connectivity index (χ0n) is 18.1. The number of H-pyrrole nitrogens is 1. The fraction of sp³-hybridized carbons (Fsp3) is 0.360. The molecule has 2 heterocycles. The summed E-state index contributed by atoms with van der Waals surface area (Å²) in [6.07, 6.45) is 0.606. The highest BCUT2D eigenvalue weighted by molar-refractivity contribution is 5.48. The number of hydrogen-bond acceptors (Lipinski definition) is 4. The second kappa shape index (κ2) is 8.74. The summed E-state index contributed by atoms with van der Waals surface area (Å²) < 4.78 is 0. The normalized spacial score (nSPS) is 14.4. The van der Waals surface area contributed by atoms with Crippen LogP contribution in [0.2, 0.25) is 0 Å². The standard InChI is InChI=1S/C25H30N4O/c1-18(2)21-11-9-20(10-12-21)17-23-19(3)26-25(27-24(23)30)29-15-13-28(14-16-29)22-7-5-4-6-8-22/h4-12,18H,13-17H2,1-3H3,(H,26,27,30). The molecule has 2 aromatic carbocycles. The Labute approximate surface area is 178 Å². The van der Waals surface area contributed by atoms with Crippen LogP contribution in [0.3, 0.4) is 0 Å². The topological polar surface area (TPSA) is 52.2 Å². The van der Waals surface area contributed by atoms with Gasteiger partial charge in [0.25, 0.3) is 5.56 Å². The van der Waals surface area contributed by atoms with E-state index in [1.54, 1.807) is 0 Å². The van der Waals surface area contributed by atoms with Crippen molar-refractivity contribution in [2.45, 2.75) is 33.1 Å². The highest BCUT2D eigenvalue weighted by Gasteiger charge is 2.20. The first-order chi connectivity index (χ1) is 14.5. The predicted octanol–water partition coefficient (Wildman–Crippen LogP) is 4.12. The van der Waals surface area contributed by atoms with Crippen LogP contribution in [0.15, 0.2) is 59.4 Å². The molecule has 0 amide bonds. The largest absolute Gasteiger partial charge is 0.368 e. The Kier molecular flexibility index (Phi) is 5.88. The number of benzene rings is 2. The highest BCUT2D eigenvalue weighted by atomic mass is 16.1. The van der Waals surface area contributed by atoms with Gasteiger partial charge in [-0.1, -0.05) is 56.3 Å². The molecule has 0 saturated carbocycles. The fourth-order valence-corrected chi connectivity index (χ4v) is 3.99. The zero-order valence-corrected chi connectivity index (χ0v) is 18.1. The molecule has 156 valence electrons. The molecule has 0 spiro atoms. The van der Waals surface area contributed by atoms with Crippen LogP contribution < -0.4 is 15.4 Å². The van der Waals surface area contributed by atoms with E-state index in [9.17, 15) is 4.79 Å². The molecule has 0 aliphatic carbocycles. The molecule has 0 bridgehead atoms. The molecule has 4 rings (SSSR count). The molecular formula is C25H30N4O. The molecule has 1 aliphatic heterocycles. The van der Waals surface area contributed by atoms with Crippen molar-refractivity contribution in [1.29, 1.82) is 0 Å². The van der Waals surface area contributed by atoms with Crippen molar-refractivity contribution in [2.24, 2.45) is 0 Å². The third-order valence-electron chi connectivity index (χ3n) is 5.94. The van der Waals surface area contributed by atoms with Gasteiger partial charge >= 0.3 is 0 Å². The number of rotatable bonds is 5. The van der Waals surface area contributed by atoms with E-state index in [4.69, 9.17) is 4.98 Å². The summed E-state index contributed by atoms with van der Waals surface area (Å²) >= 11 is 0. The minimum atomic E-state index is -0.0316. The van der Waals surface area contributed by atoms with Crippen molar-refractivity contribution in [2.75, 3.05) is 36.0 Å². The van der Waals surface area contributed by atoms with Gasteiger partial charge in [0.2, 0.25) is 5.95 Å². The molecule has 1 N–H and O–H groups in total. The van der Waals surface area contributed by atoms with Crippen LogP contribution in [0.25, 0.3) is 0 Å². The molecule has 1 fully saturated rings. The van der Waals surface area contributed by atoms with Crippen LogP contribution in [-0.4, -0.2) is 36.1 Å². The van der Waals surface area contributed by atoms with Crippen molar-refractivity contribution < 1.29 is 0 Å². The summed E-state index contributed by atoms with van der Waals surface area (Å²) in [5.74, 6) is 1.19. The summed E-state index contributed by atoms with van der Waals surface area (Å²) in [6, 6.07) is 19.0. The van der Waals surface area contributed by atoms with E-state index >= 15 is 0 Å². The van der Waals surface area contributed by atoms with Crippen molar-refractivity contribution in [3.63, 3.8) is 0 Å².